The molecule has 0 radical (unpaired) electrons. The highest BCUT2D eigenvalue weighted by Gasteiger charge is 2.60. The van der Waals surface area contributed by atoms with Gasteiger partial charge in [-0.3, -0.25) is 9.59 Å². The van der Waals surface area contributed by atoms with E-state index < -0.39 is 90.2 Å². The topological polar surface area (TPSA) is 186 Å². The van der Waals surface area contributed by atoms with Crippen LogP contribution in [-0.2, 0) is 42.7 Å². The molecule has 0 aliphatic carbocycles. The van der Waals surface area contributed by atoms with Crippen molar-refractivity contribution in [3.63, 3.8) is 0 Å². The highest BCUT2D eigenvalue weighted by Crippen LogP contribution is 2.44. The fraction of sp³-hybridized carbons (Fsp3) is 0.939. The van der Waals surface area contributed by atoms with Crippen molar-refractivity contribution in [1.29, 1.82) is 0 Å². The third-order valence-electron chi connectivity index (χ3n) is 10.5. The Morgan fingerprint density at radius 3 is 2.17 bits per heavy atom. The second-order valence-electron chi connectivity index (χ2n) is 14.8. The maximum atomic E-state index is 13.8. The molecule has 4 fully saturated rings. The summed E-state index contributed by atoms with van der Waals surface area (Å²) in [6.07, 6.45) is -8.53. The van der Waals surface area contributed by atoms with Gasteiger partial charge in [-0.25, -0.2) is 0 Å². The number of cyclic esters (lactones) is 1. The Morgan fingerprint density at radius 1 is 0.915 bits per heavy atom. The van der Waals surface area contributed by atoms with Gasteiger partial charge in [0.2, 0.25) is 0 Å². The number of ether oxygens (including phenoxy) is 7. The Kier molecular flexibility index (Phi) is 12.5. The van der Waals surface area contributed by atoms with Crippen molar-refractivity contribution in [3.8, 4) is 0 Å². The largest absolute Gasteiger partial charge is 0.465 e. The lowest BCUT2D eigenvalue weighted by atomic mass is 9.75. The lowest BCUT2D eigenvalue weighted by Crippen LogP contribution is -2.60. The summed E-state index contributed by atoms with van der Waals surface area (Å²) in [6.45, 7) is 10.0. The molecule has 0 bridgehead atoms. The summed E-state index contributed by atoms with van der Waals surface area (Å²) in [4.78, 5) is 29.0. The van der Waals surface area contributed by atoms with E-state index in [4.69, 9.17) is 33.2 Å². The van der Waals surface area contributed by atoms with Gasteiger partial charge >= 0.3 is 5.97 Å². The van der Waals surface area contributed by atoms with Gasteiger partial charge in [-0.2, -0.15) is 0 Å². The predicted molar refractivity (Wildman–Crippen MR) is 166 cm³/mol. The number of epoxide rings is 1. The number of ketones is 1. The van der Waals surface area contributed by atoms with Gasteiger partial charge in [-0.15, -0.1) is 0 Å². The van der Waals surface area contributed by atoms with Crippen LogP contribution in [0.15, 0.2) is 0 Å². The first-order chi connectivity index (χ1) is 21.9. The molecule has 47 heavy (non-hydrogen) atoms. The van der Waals surface area contributed by atoms with Crippen molar-refractivity contribution in [2.75, 3.05) is 34.4 Å². The number of carbonyl (C=O) groups excluding carboxylic acids is 2. The molecule has 4 aliphatic rings. The number of methoxy groups -OCH3 is 1. The Bertz CT molecular complexity index is 1070. The summed E-state index contributed by atoms with van der Waals surface area (Å²) in [6, 6.07) is -0.303. The smallest absolute Gasteiger partial charge is 0.308 e. The molecule has 14 heteroatoms. The van der Waals surface area contributed by atoms with Crippen molar-refractivity contribution in [2.24, 2.45) is 17.8 Å². The van der Waals surface area contributed by atoms with Crippen LogP contribution in [-0.4, -0.2) is 150 Å². The molecule has 0 saturated carbocycles. The number of Topliss-reactive ketones (excluding diaryl/α,β-unsaturated/α-hetero) is 1. The first-order valence-corrected chi connectivity index (χ1v) is 16.8. The molecule has 4 rings (SSSR count). The van der Waals surface area contributed by atoms with Gasteiger partial charge in [-0.05, 0) is 41.3 Å². The first kappa shape index (κ1) is 38.5. The van der Waals surface area contributed by atoms with Crippen molar-refractivity contribution >= 4 is 11.8 Å². The first-order valence-electron chi connectivity index (χ1n) is 16.8. The van der Waals surface area contributed by atoms with Crippen LogP contribution in [0.2, 0.25) is 0 Å². The molecule has 1 spiro atoms. The average Bonchev–Trinajstić information content (AvgIpc) is 3.78. The fourth-order valence-electron chi connectivity index (χ4n) is 7.42. The summed E-state index contributed by atoms with van der Waals surface area (Å²) in [7, 11) is 5.19. The molecule has 4 N–H and O–H groups in total. The van der Waals surface area contributed by atoms with Crippen LogP contribution in [0.1, 0.15) is 67.2 Å². The third-order valence-corrected chi connectivity index (χ3v) is 10.5. The lowest BCUT2D eigenvalue weighted by molar-refractivity contribution is -0.309. The van der Waals surface area contributed by atoms with Gasteiger partial charge in [0.25, 0.3) is 0 Å². The van der Waals surface area contributed by atoms with E-state index in [1.54, 1.807) is 27.7 Å². The van der Waals surface area contributed by atoms with Crippen LogP contribution in [0.25, 0.3) is 0 Å². The summed E-state index contributed by atoms with van der Waals surface area (Å²) < 4.78 is 41.8. The number of aliphatic hydroxyl groups excluding tert-OH is 3. The highest BCUT2D eigenvalue weighted by atomic mass is 16.7. The number of aliphatic hydroxyl groups is 4. The van der Waals surface area contributed by atoms with Crippen molar-refractivity contribution < 1.29 is 63.2 Å². The van der Waals surface area contributed by atoms with E-state index in [0.29, 0.717) is 6.42 Å². The number of hydrogen-bond acceptors (Lipinski definition) is 14. The third kappa shape index (κ3) is 8.72. The number of carbonyl (C=O) groups is 2. The second kappa shape index (κ2) is 15.3. The second-order valence-corrected chi connectivity index (χ2v) is 14.8. The number of hydrogen-bond donors (Lipinski definition) is 4. The van der Waals surface area contributed by atoms with E-state index in [-0.39, 0.29) is 50.4 Å². The molecule has 0 aromatic carbocycles. The van der Waals surface area contributed by atoms with Gasteiger partial charge in [-0.1, -0.05) is 20.8 Å². The summed E-state index contributed by atoms with van der Waals surface area (Å²) in [5.41, 5.74) is -3.15. The number of likely N-dealkylation sites (N-methyl/N-ethyl adjacent to an activating group) is 1. The number of nitrogens with zero attached hydrogens (tertiary/aromatic N) is 1. The molecular formula is C33H57NO13. The fourth-order valence-corrected chi connectivity index (χ4v) is 7.42. The van der Waals surface area contributed by atoms with E-state index >= 15 is 0 Å². The van der Waals surface area contributed by atoms with Gasteiger partial charge in [0.05, 0.1) is 61.9 Å². The van der Waals surface area contributed by atoms with Crippen molar-refractivity contribution in [3.05, 3.63) is 0 Å². The summed E-state index contributed by atoms with van der Waals surface area (Å²) in [5.74, 6) is -3.20. The minimum atomic E-state index is -1.79. The van der Waals surface area contributed by atoms with E-state index in [1.807, 2.05) is 25.9 Å². The van der Waals surface area contributed by atoms with Crippen LogP contribution in [0.4, 0.5) is 0 Å². The molecule has 4 aliphatic heterocycles. The molecule has 0 aromatic rings. The van der Waals surface area contributed by atoms with Crippen LogP contribution in [0.5, 0.6) is 0 Å². The van der Waals surface area contributed by atoms with Crippen LogP contribution in [0, 0.1) is 17.8 Å². The molecule has 14 nitrogen and oxygen atoms in total. The van der Waals surface area contributed by atoms with Gasteiger partial charge in [0.1, 0.15) is 12.2 Å². The molecule has 0 amide bonds. The van der Waals surface area contributed by atoms with Crippen LogP contribution < -0.4 is 0 Å². The van der Waals surface area contributed by atoms with Gasteiger partial charge in [0, 0.05) is 43.7 Å². The lowest BCUT2D eigenvalue weighted by Gasteiger charge is -2.47. The minimum absolute atomic E-state index is 0.0558. The molecular weight excluding hydrogens is 618 g/mol. The van der Waals surface area contributed by atoms with E-state index in [9.17, 15) is 30.0 Å². The molecule has 272 valence electrons. The molecule has 4 saturated heterocycles. The zero-order valence-electron chi connectivity index (χ0n) is 29.2. The normalized spacial score (nSPS) is 49.1. The van der Waals surface area contributed by atoms with E-state index in [2.05, 4.69) is 0 Å². The maximum Gasteiger partial charge on any atom is 0.308 e. The molecule has 16 atom stereocenters. The molecule has 4 heterocycles. The zero-order chi connectivity index (χ0) is 35.0. The number of esters is 1. The molecule has 16 unspecified atom stereocenters. The highest BCUT2D eigenvalue weighted by molar-refractivity contribution is 5.92. The quantitative estimate of drug-likeness (QED) is 0.224. The van der Waals surface area contributed by atoms with E-state index in [0.717, 1.165) is 0 Å². The monoisotopic (exact) mass is 675 g/mol. The maximum absolute atomic E-state index is 13.8. The summed E-state index contributed by atoms with van der Waals surface area (Å²) >= 11 is 0. The predicted octanol–water partition coefficient (Wildman–Crippen LogP) is 0.389. The average molecular weight is 676 g/mol. The standard InChI is InChI=1S/C33H57NO13/c1-16-13-42-24(35)11-22(46-25-12-23(41-9)27(37)20(5)45-25)18(3)30(47-31-28(38)21(34(7)8)10-17(2)44-31)32(6,40)14-33(15-43-33)29(39)19(4)26(16)36/h16-23,25-28,30-31,36-38,40H,10-15H2,1-9H3. The Hall–Kier alpha value is -1.30. The Morgan fingerprint density at radius 2 is 1.57 bits per heavy atom. The summed E-state index contributed by atoms with van der Waals surface area (Å²) in [5, 5.41) is 45.2. The number of rotatable bonds is 6. The van der Waals surface area contributed by atoms with Crippen molar-refractivity contribution in [2.45, 2.75) is 146 Å². The Labute approximate surface area is 277 Å². The van der Waals surface area contributed by atoms with Crippen LogP contribution >= 0.6 is 0 Å². The van der Waals surface area contributed by atoms with Gasteiger partial charge in [0.15, 0.2) is 24.0 Å². The zero-order valence-corrected chi connectivity index (χ0v) is 29.2. The minimum Gasteiger partial charge on any atom is -0.465 e. The SMILES string of the molecule is COC1CC(OC2CC(=O)OCC(C)C(O)C(C)C(=O)C3(CO3)CC(C)(O)C(OC3OC(C)CC(N(C)C)C3O)C2C)OC(C)C1O. The molecule has 0 aromatic heterocycles. The van der Waals surface area contributed by atoms with Crippen molar-refractivity contribution in [1.82, 2.24) is 4.90 Å². The van der Waals surface area contributed by atoms with E-state index in [1.165, 1.54) is 14.0 Å². The van der Waals surface area contributed by atoms with Crippen LogP contribution in [0.3, 0.4) is 0 Å². The Balaban J connectivity index is 1.73. The van der Waals surface area contributed by atoms with Gasteiger partial charge < -0.3 is 58.5 Å².